The van der Waals surface area contributed by atoms with Gasteiger partial charge >= 0.3 is 0 Å². The molecule has 96 valence electrons. The SMILES string of the molecule is CC.Fc1cc(Br)cc(OCc2ccccc2)c1. The Morgan fingerprint density at radius 3 is 2.33 bits per heavy atom. The molecule has 2 aromatic carbocycles. The van der Waals surface area contributed by atoms with E-state index < -0.39 is 0 Å². The summed E-state index contributed by atoms with van der Waals surface area (Å²) in [5, 5.41) is 0. The normalized spacial score (nSPS) is 9.33. The summed E-state index contributed by atoms with van der Waals surface area (Å²) < 4.78 is 19.2. The molecule has 2 aromatic rings. The lowest BCUT2D eigenvalue weighted by Gasteiger charge is -2.06. The maximum absolute atomic E-state index is 13.0. The number of benzene rings is 2. The molecule has 0 aromatic heterocycles. The van der Waals surface area contributed by atoms with Crippen LogP contribution in [0.2, 0.25) is 0 Å². The fourth-order valence-corrected chi connectivity index (χ4v) is 1.80. The molecular formula is C15H16BrFO. The Morgan fingerprint density at radius 1 is 1.06 bits per heavy atom. The zero-order chi connectivity index (χ0) is 13.4. The molecular weight excluding hydrogens is 295 g/mol. The fraction of sp³-hybridized carbons (Fsp3) is 0.200. The van der Waals surface area contributed by atoms with Crippen LogP contribution in [0.1, 0.15) is 19.4 Å². The molecule has 1 nitrogen and oxygen atoms in total. The summed E-state index contributed by atoms with van der Waals surface area (Å²) in [6.07, 6.45) is 0. The van der Waals surface area contributed by atoms with Crippen LogP contribution in [-0.2, 0) is 6.61 Å². The van der Waals surface area contributed by atoms with E-state index in [-0.39, 0.29) is 5.82 Å². The predicted octanol–water partition coefficient (Wildman–Crippen LogP) is 5.19. The van der Waals surface area contributed by atoms with Gasteiger partial charge in [-0.15, -0.1) is 0 Å². The molecule has 0 aliphatic rings. The highest BCUT2D eigenvalue weighted by molar-refractivity contribution is 9.10. The van der Waals surface area contributed by atoms with Crippen molar-refractivity contribution in [2.24, 2.45) is 0 Å². The van der Waals surface area contributed by atoms with E-state index in [0.29, 0.717) is 16.8 Å². The number of rotatable bonds is 3. The van der Waals surface area contributed by atoms with E-state index in [1.54, 1.807) is 6.07 Å². The van der Waals surface area contributed by atoms with Crippen molar-refractivity contribution < 1.29 is 9.13 Å². The highest BCUT2D eigenvalue weighted by Crippen LogP contribution is 2.21. The highest BCUT2D eigenvalue weighted by atomic mass is 79.9. The van der Waals surface area contributed by atoms with Gasteiger partial charge in [-0.3, -0.25) is 0 Å². The minimum atomic E-state index is -0.308. The Hall–Kier alpha value is -1.35. The smallest absolute Gasteiger partial charge is 0.128 e. The zero-order valence-electron chi connectivity index (χ0n) is 10.5. The van der Waals surface area contributed by atoms with Crippen molar-refractivity contribution in [3.05, 3.63) is 64.4 Å². The van der Waals surface area contributed by atoms with Crippen LogP contribution in [-0.4, -0.2) is 0 Å². The predicted molar refractivity (Wildman–Crippen MR) is 76.2 cm³/mol. The minimum Gasteiger partial charge on any atom is -0.489 e. The van der Waals surface area contributed by atoms with Crippen molar-refractivity contribution in [2.45, 2.75) is 20.5 Å². The van der Waals surface area contributed by atoms with Gasteiger partial charge in [0.2, 0.25) is 0 Å². The summed E-state index contributed by atoms with van der Waals surface area (Å²) in [4.78, 5) is 0. The second-order valence-electron chi connectivity index (χ2n) is 3.38. The molecule has 0 atom stereocenters. The van der Waals surface area contributed by atoms with E-state index >= 15 is 0 Å². The first kappa shape index (κ1) is 14.7. The van der Waals surface area contributed by atoms with Crippen molar-refractivity contribution >= 4 is 15.9 Å². The van der Waals surface area contributed by atoms with Crippen molar-refractivity contribution in [3.8, 4) is 5.75 Å². The summed E-state index contributed by atoms with van der Waals surface area (Å²) in [6, 6.07) is 14.3. The van der Waals surface area contributed by atoms with Crippen molar-refractivity contribution in [3.63, 3.8) is 0 Å². The number of halogens is 2. The summed E-state index contributed by atoms with van der Waals surface area (Å²) in [5.74, 6) is 0.216. The van der Waals surface area contributed by atoms with E-state index in [4.69, 9.17) is 4.74 Å². The minimum absolute atomic E-state index is 0.308. The van der Waals surface area contributed by atoms with Crippen molar-refractivity contribution in [1.29, 1.82) is 0 Å². The quantitative estimate of drug-likeness (QED) is 0.757. The van der Waals surface area contributed by atoms with Gasteiger partial charge in [0.25, 0.3) is 0 Å². The van der Waals surface area contributed by atoms with Crippen LogP contribution in [0, 0.1) is 5.82 Å². The molecule has 0 unspecified atom stereocenters. The summed E-state index contributed by atoms with van der Waals surface area (Å²) in [7, 11) is 0. The molecule has 18 heavy (non-hydrogen) atoms. The molecule has 0 radical (unpaired) electrons. The summed E-state index contributed by atoms with van der Waals surface area (Å²) in [6.45, 7) is 4.44. The van der Waals surface area contributed by atoms with Gasteiger partial charge in [0.05, 0.1) is 0 Å². The first-order valence-corrected chi connectivity index (χ1v) is 6.66. The molecule has 0 aliphatic carbocycles. The fourth-order valence-electron chi connectivity index (χ4n) is 1.35. The van der Waals surface area contributed by atoms with Gasteiger partial charge in [-0.25, -0.2) is 4.39 Å². The van der Waals surface area contributed by atoms with E-state index in [9.17, 15) is 4.39 Å². The number of hydrogen-bond donors (Lipinski definition) is 0. The highest BCUT2D eigenvalue weighted by Gasteiger charge is 2.00. The largest absolute Gasteiger partial charge is 0.489 e. The Labute approximate surface area is 116 Å². The Balaban J connectivity index is 0.000000771. The van der Waals surface area contributed by atoms with E-state index in [0.717, 1.165) is 5.56 Å². The number of hydrogen-bond acceptors (Lipinski definition) is 1. The van der Waals surface area contributed by atoms with Crippen LogP contribution in [0.5, 0.6) is 5.75 Å². The third-order valence-electron chi connectivity index (χ3n) is 2.08. The Morgan fingerprint density at radius 2 is 1.72 bits per heavy atom. The van der Waals surface area contributed by atoms with Gasteiger partial charge < -0.3 is 4.74 Å². The lowest BCUT2D eigenvalue weighted by Crippen LogP contribution is -1.95. The monoisotopic (exact) mass is 310 g/mol. The summed E-state index contributed by atoms with van der Waals surface area (Å²) >= 11 is 3.22. The molecule has 0 saturated carbocycles. The van der Waals surface area contributed by atoms with Crippen LogP contribution < -0.4 is 4.74 Å². The standard InChI is InChI=1S/C13H10BrFO.C2H6/c14-11-6-12(15)8-13(7-11)16-9-10-4-2-1-3-5-10;1-2/h1-8H,9H2;1-2H3. The molecule has 0 spiro atoms. The lowest BCUT2D eigenvalue weighted by atomic mass is 10.2. The average Bonchev–Trinajstić information content (AvgIpc) is 2.39. The third kappa shape index (κ3) is 4.88. The van der Waals surface area contributed by atoms with Gasteiger partial charge in [0.15, 0.2) is 0 Å². The number of ether oxygens (including phenoxy) is 1. The lowest BCUT2D eigenvalue weighted by molar-refractivity contribution is 0.304. The molecule has 3 heteroatoms. The molecule has 0 N–H and O–H groups in total. The van der Waals surface area contributed by atoms with E-state index in [1.807, 2.05) is 44.2 Å². The molecule has 0 heterocycles. The maximum Gasteiger partial charge on any atom is 0.128 e. The van der Waals surface area contributed by atoms with Crippen molar-refractivity contribution in [2.75, 3.05) is 0 Å². The van der Waals surface area contributed by atoms with Gasteiger partial charge in [0.1, 0.15) is 18.2 Å². The topological polar surface area (TPSA) is 9.23 Å². The average molecular weight is 311 g/mol. The van der Waals surface area contributed by atoms with E-state index in [2.05, 4.69) is 15.9 Å². The second-order valence-corrected chi connectivity index (χ2v) is 4.30. The zero-order valence-corrected chi connectivity index (χ0v) is 12.1. The van der Waals surface area contributed by atoms with E-state index in [1.165, 1.54) is 12.1 Å². The van der Waals surface area contributed by atoms with Crippen LogP contribution in [0.25, 0.3) is 0 Å². The maximum atomic E-state index is 13.0. The molecule has 0 bridgehead atoms. The third-order valence-corrected chi connectivity index (χ3v) is 2.54. The summed E-state index contributed by atoms with van der Waals surface area (Å²) in [5.41, 5.74) is 1.06. The molecule has 0 aliphatic heterocycles. The van der Waals surface area contributed by atoms with Gasteiger partial charge in [-0.1, -0.05) is 60.1 Å². The van der Waals surface area contributed by atoms with Gasteiger partial charge in [-0.05, 0) is 17.7 Å². The van der Waals surface area contributed by atoms with Crippen LogP contribution in [0.15, 0.2) is 53.0 Å². The molecule has 0 saturated heterocycles. The Bertz CT molecular complexity index is 451. The molecule has 0 fully saturated rings. The first-order chi connectivity index (χ1) is 8.74. The van der Waals surface area contributed by atoms with Crippen LogP contribution in [0.4, 0.5) is 4.39 Å². The molecule has 2 rings (SSSR count). The van der Waals surface area contributed by atoms with Gasteiger partial charge in [-0.2, -0.15) is 0 Å². The first-order valence-electron chi connectivity index (χ1n) is 5.87. The molecule has 0 amide bonds. The van der Waals surface area contributed by atoms with Crippen LogP contribution in [0.3, 0.4) is 0 Å². The van der Waals surface area contributed by atoms with Crippen LogP contribution >= 0.6 is 15.9 Å². The second kappa shape index (κ2) is 7.88. The van der Waals surface area contributed by atoms with Gasteiger partial charge in [0, 0.05) is 10.5 Å². The van der Waals surface area contributed by atoms with Crippen molar-refractivity contribution in [1.82, 2.24) is 0 Å². The Kier molecular flexibility index (Phi) is 6.44.